The van der Waals surface area contributed by atoms with Gasteiger partial charge in [0.05, 0.1) is 31.9 Å². The maximum absolute atomic E-state index is 9.53. The van der Waals surface area contributed by atoms with Crippen LogP contribution < -0.4 is 9.47 Å². The van der Waals surface area contributed by atoms with Crippen molar-refractivity contribution in [2.24, 2.45) is 4.99 Å². The fraction of sp³-hybridized carbons (Fsp3) is 0.318. The molecule has 1 heterocycles. The minimum atomic E-state index is -0.591. The van der Waals surface area contributed by atoms with Crippen LogP contribution in [0.4, 0.5) is 0 Å². The summed E-state index contributed by atoms with van der Waals surface area (Å²) in [5.74, 6) is 2.19. The lowest BCUT2D eigenvalue weighted by atomic mass is 9.91. The number of hydrogen-bond acceptors (Lipinski definition) is 5. The molecule has 3 rings (SSSR count). The summed E-state index contributed by atoms with van der Waals surface area (Å²) in [6, 6.07) is 15.9. The first-order valence-electron chi connectivity index (χ1n) is 8.83. The quantitative estimate of drug-likeness (QED) is 0.846. The summed E-state index contributed by atoms with van der Waals surface area (Å²) in [5.41, 5.74) is 3.58. The Morgan fingerprint density at radius 1 is 0.963 bits per heavy atom. The molecular weight excluding hydrogens is 342 g/mol. The Morgan fingerprint density at radius 2 is 1.44 bits per heavy atom. The third kappa shape index (κ3) is 4.14. The highest BCUT2D eigenvalue weighted by atomic mass is 16.5. The Labute approximate surface area is 159 Å². The number of aliphatic hydroxyl groups excluding tert-OH is 1. The van der Waals surface area contributed by atoms with Gasteiger partial charge in [-0.2, -0.15) is 0 Å². The molecule has 2 aromatic rings. The van der Waals surface area contributed by atoms with Crippen LogP contribution >= 0.6 is 0 Å². The summed E-state index contributed by atoms with van der Waals surface area (Å²) in [6.45, 7) is 4.18. The molecule has 1 fully saturated rings. The van der Waals surface area contributed by atoms with Crippen molar-refractivity contribution in [3.05, 3.63) is 65.2 Å². The highest BCUT2D eigenvalue weighted by molar-refractivity contribution is 6.08. The number of nitrogens with zero attached hydrogens (tertiary/aromatic N) is 1. The molecule has 0 radical (unpaired) electrons. The van der Waals surface area contributed by atoms with E-state index in [0.29, 0.717) is 12.5 Å². The summed E-state index contributed by atoms with van der Waals surface area (Å²) in [6.07, 6.45) is 0. The van der Waals surface area contributed by atoms with Crippen LogP contribution in [0.2, 0.25) is 0 Å². The van der Waals surface area contributed by atoms with E-state index in [0.717, 1.165) is 33.8 Å². The molecule has 1 saturated heterocycles. The molecule has 0 amide bonds. The second kappa shape index (κ2) is 7.84. The molecule has 0 aliphatic carbocycles. The van der Waals surface area contributed by atoms with E-state index < -0.39 is 5.54 Å². The van der Waals surface area contributed by atoms with Crippen molar-refractivity contribution in [3.8, 4) is 11.5 Å². The first kappa shape index (κ1) is 19.0. The predicted octanol–water partition coefficient (Wildman–Crippen LogP) is 3.71. The molecule has 142 valence electrons. The zero-order chi connectivity index (χ0) is 19.4. The average Bonchev–Trinajstić information content (AvgIpc) is 2.69. The van der Waals surface area contributed by atoms with Gasteiger partial charge in [0.15, 0.2) is 0 Å². The molecule has 5 heteroatoms. The van der Waals surface area contributed by atoms with Gasteiger partial charge >= 0.3 is 0 Å². The molecule has 27 heavy (non-hydrogen) atoms. The van der Waals surface area contributed by atoms with Gasteiger partial charge in [-0.1, -0.05) is 24.3 Å². The van der Waals surface area contributed by atoms with Crippen molar-refractivity contribution in [2.45, 2.75) is 19.4 Å². The number of aliphatic imine (C=N–C) groups is 1. The predicted molar refractivity (Wildman–Crippen MR) is 107 cm³/mol. The molecule has 0 spiro atoms. The fourth-order valence-corrected chi connectivity index (χ4v) is 2.83. The maximum Gasteiger partial charge on any atom is 0.216 e. The monoisotopic (exact) mass is 367 g/mol. The van der Waals surface area contributed by atoms with E-state index in [4.69, 9.17) is 14.2 Å². The first-order valence-corrected chi connectivity index (χ1v) is 8.83. The number of ether oxygens (including phenoxy) is 3. The smallest absolute Gasteiger partial charge is 0.216 e. The molecule has 0 bridgehead atoms. The molecule has 1 aliphatic rings. The third-order valence-electron chi connectivity index (χ3n) is 4.46. The SMILES string of the molecule is COc1ccc(C(=C2COC2=NC(C)(C)CO)c2ccc(OC)cc2)cc1. The van der Waals surface area contributed by atoms with Crippen molar-refractivity contribution in [2.75, 3.05) is 27.4 Å². The van der Waals surface area contributed by atoms with Crippen LogP contribution in [0, 0.1) is 0 Å². The third-order valence-corrected chi connectivity index (χ3v) is 4.46. The summed E-state index contributed by atoms with van der Waals surface area (Å²) in [5, 5.41) is 9.53. The highest BCUT2D eigenvalue weighted by Gasteiger charge is 2.29. The van der Waals surface area contributed by atoms with E-state index in [1.165, 1.54) is 0 Å². The van der Waals surface area contributed by atoms with Crippen LogP contribution in [-0.2, 0) is 4.74 Å². The molecule has 5 nitrogen and oxygen atoms in total. The van der Waals surface area contributed by atoms with Gasteiger partial charge in [0.2, 0.25) is 5.90 Å². The van der Waals surface area contributed by atoms with Crippen molar-refractivity contribution < 1.29 is 19.3 Å². The summed E-state index contributed by atoms with van der Waals surface area (Å²) in [7, 11) is 3.30. The van der Waals surface area contributed by atoms with Crippen molar-refractivity contribution >= 4 is 11.5 Å². The van der Waals surface area contributed by atoms with Crippen LogP contribution in [0.15, 0.2) is 59.1 Å². The lowest BCUT2D eigenvalue weighted by Crippen LogP contribution is -2.33. The lowest BCUT2D eigenvalue weighted by molar-refractivity contribution is 0.213. The average molecular weight is 367 g/mol. The summed E-state index contributed by atoms with van der Waals surface area (Å²) >= 11 is 0. The van der Waals surface area contributed by atoms with Crippen LogP contribution in [0.1, 0.15) is 25.0 Å². The Hall–Kier alpha value is -2.79. The Morgan fingerprint density at radius 3 is 1.78 bits per heavy atom. The van der Waals surface area contributed by atoms with Gasteiger partial charge in [0.1, 0.15) is 18.1 Å². The van der Waals surface area contributed by atoms with Crippen LogP contribution in [0.25, 0.3) is 5.57 Å². The number of hydrogen-bond donors (Lipinski definition) is 1. The molecular formula is C22H25NO4. The normalized spacial score (nSPS) is 15.1. The van der Waals surface area contributed by atoms with Crippen LogP contribution in [0.3, 0.4) is 0 Å². The second-order valence-electron chi connectivity index (χ2n) is 6.99. The van der Waals surface area contributed by atoms with E-state index in [9.17, 15) is 5.11 Å². The van der Waals surface area contributed by atoms with Gasteiger partial charge in [-0.25, -0.2) is 4.99 Å². The number of benzene rings is 2. The fourth-order valence-electron chi connectivity index (χ4n) is 2.83. The number of rotatable bonds is 6. The van der Waals surface area contributed by atoms with Gasteiger partial charge < -0.3 is 19.3 Å². The van der Waals surface area contributed by atoms with Crippen molar-refractivity contribution in [1.82, 2.24) is 0 Å². The Kier molecular flexibility index (Phi) is 5.51. The van der Waals surface area contributed by atoms with Gasteiger partial charge in [-0.05, 0) is 49.2 Å². The van der Waals surface area contributed by atoms with E-state index in [2.05, 4.69) is 4.99 Å². The largest absolute Gasteiger partial charge is 0.497 e. The minimum absolute atomic E-state index is 0.0481. The van der Waals surface area contributed by atoms with E-state index in [1.807, 2.05) is 62.4 Å². The molecule has 1 N–H and O–H groups in total. The van der Waals surface area contributed by atoms with E-state index in [1.54, 1.807) is 14.2 Å². The molecule has 0 saturated carbocycles. The van der Waals surface area contributed by atoms with E-state index in [-0.39, 0.29) is 6.61 Å². The van der Waals surface area contributed by atoms with Gasteiger partial charge in [-0.15, -0.1) is 0 Å². The van der Waals surface area contributed by atoms with Gasteiger partial charge in [0.25, 0.3) is 0 Å². The Bertz CT molecular complexity index is 799. The van der Waals surface area contributed by atoms with Crippen molar-refractivity contribution in [1.29, 1.82) is 0 Å². The summed E-state index contributed by atoms with van der Waals surface area (Å²) < 4.78 is 16.2. The molecule has 0 unspecified atom stereocenters. The standard InChI is InChI=1S/C22H25NO4/c1-22(2,14-24)23-21-19(13-27-21)20(15-5-9-17(25-3)10-6-15)16-7-11-18(26-4)12-8-16/h5-12,24H,13-14H2,1-4H3. The molecule has 0 aromatic heterocycles. The Balaban J connectivity index is 2.11. The summed E-state index contributed by atoms with van der Waals surface area (Å²) in [4.78, 5) is 4.59. The molecule has 2 aromatic carbocycles. The zero-order valence-electron chi connectivity index (χ0n) is 16.2. The van der Waals surface area contributed by atoms with E-state index >= 15 is 0 Å². The zero-order valence-corrected chi connectivity index (χ0v) is 16.2. The number of aliphatic hydroxyl groups is 1. The molecule has 1 aliphatic heterocycles. The molecule has 0 atom stereocenters. The maximum atomic E-state index is 9.53. The van der Waals surface area contributed by atoms with Crippen molar-refractivity contribution in [3.63, 3.8) is 0 Å². The van der Waals surface area contributed by atoms with Crippen LogP contribution in [0.5, 0.6) is 11.5 Å². The van der Waals surface area contributed by atoms with Gasteiger partial charge in [0, 0.05) is 5.57 Å². The van der Waals surface area contributed by atoms with Crippen LogP contribution in [-0.4, -0.2) is 44.0 Å². The highest BCUT2D eigenvalue weighted by Crippen LogP contribution is 2.34. The number of methoxy groups -OCH3 is 2. The first-order chi connectivity index (χ1) is 13.0. The lowest BCUT2D eigenvalue weighted by Gasteiger charge is -2.29. The van der Waals surface area contributed by atoms with Gasteiger partial charge in [-0.3, -0.25) is 0 Å². The second-order valence-corrected chi connectivity index (χ2v) is 6.99. The minimum Gasteiger partial charge on any atom is -0.497 e. The topological polar surface area (TPSA) is 60.3 Å².